The maximum absolute atomic E-state index is 14.0. The SMILES string of the molecule is CC1(Nc2ncc3nc(Nc4cc(F)cc(Cl)c4)n(C4CCC(C(N)=O)CC4)c3n2)CCOCC1. The monoisotopic (exact) mass is 501 g/mol. The Kier molecular flexibility index (Phi) is 6.50. The lowest BCUT2D eigenvalue weighted by molar-refractivity contribution is -0.122. The Morgan fingerprint density at radius 3 is 2.63 bits per heavy atom. The summed E-state index contributed by atoms with van der Waals surface area (Å²) in [5.41, 5.74) is 7.17. The molecule has 1 aromatic carbocycles. The van der Waals surface area contributed by atoms with Gasteiger partial charge in [0.15, 0.2) is 5.65 Å². The summed E-state index contributed by atoms with van der Waals surface area (Å²) in [6, 6.07) is 4.30. The molecule has 1 saturated carbocycles. The number of fused-ring (bicyclic) bond motifs is 1. The van der Waals surface area contributed by atoms with E-state index in [1.807, 2.05) is 4.57 Å². The molecule has 11 heteroatoms. The molecule has 0 radical (unpaired) electrons. The highest BCUT2D eigenvalue weighted by molar-refractivity contribution is 6.30. The number of carbonyl (C=O) groups excluding carboxylic acids is 1. The van der Waals surface area contributed by atoms with Crippen molar-refractivity contribution in [3.8, 4) is 0 Å². The molecule has 3 heterocycles. The number of primary amides is 1. The molecule has 186 valence electrons. The minimum atomic E-state index is -0.444. The van der Waals surface area contributed by atoms with E-state index in [0.29, 0.717) is 54.8 Å². The molecule has 0 bridgehead atoms. The molecular formula is C24H29ClFN7O2. The molecule has 2 fully saturated rings. The fourth-order valence-electron chi connectivity index (χ4n) is 4.98. The van der Waals surface area contributed by atoms with Crippen LogP contribution in [0.3, 0.4) is 0 Å². The zero-order chi connectivity index (χ0) is 24.6. The number of amides is 1. The Balaban J connectivity index is 1.52. The summed E-state index contributed by atoms with van der Waals surface area (Å²) < 4.78 is 21.5. The van der Waals surface area contributed by atoms with Crippen molar-refractivity contribution < 1.29 is 13.9 Å². The van der Waals surface area contributed by atoms with Gasteiger partial charge in [-0.15, -0.1) is 0 Å². The van der Waals surface area contributed by atoms with Crippen molar-refractivity contribution in [2.24, 2.45) is 11.7 Å². The van der Waals surface area contributed by atoms with Crippen LogP contribution in [-0.2, 0) is 9.53 Å². The third kappa shape index (κ3) is 5.18. The first-order chi connectivity index (χ1) is 16.8. The molecular weight excluding hydrogens is 473 g/mol. The molecule has 1 aliphatic heterocycles. The predicted octanol–water partition coefficient (Wildman–Crippen LogP) is 4.56. The zero-order valence-electron chi connectivity index (χ0n) is 19.6. The van der Waals surface area contributed by atoms with Gasteiger partial charge < -0.3 is 21.1 Å². The molecule has 2 aromatic heterocycles. The minimum absolute atomic E-state index is 0.0450. The second-order valence-corrected chi connectivity index (χ2v) is 10.1. The number of halogens is 2. The van der Waals surface area contributed by atoms with Gasteiger partial charge in [-0.1, -0.05) is 11.6 Å². The van der Waals surface area contributed by atoms with E-state index in [4.69, 9.17) is 32.0 Å². The number of nitrogens with zero attached hydrogens (tertiary/aromatic N) is 4. The van der Waals surface area contributed by atoms with Crippen LogP contribution in [0.1, 0.15) is 51.5 Å². The highest BCUT2D eigenvalue weighted by atomic mass is 35.5. The lowest BCUT2D eigenvalue weighted by Crippen LogP contribution is -2.41. The normalized spacial score (nSPS) is 22.1. The van der Waals surface area contributed by atoms with Crippen LogP contribution in [0.4, 0.5) is 22.0 Å². The van der Waals surface area contributed by atoms with E-state index < -0.39 is 5.82 Å². The molecule has 1 saturated heterocycles. The van der Waals surface area contributed by atoms with Gasteiger partial charge in [-0.05, 0) is 63.6 Å². The quantitative estimate of drug-likeness (QED) is 0.452. The van der Waals surface area contributed by atoms with E-state index in [0.717, 1.165) is 25.7 Å². The van der Waals surface area contributed by atoms with Gasteiger partial charge >= 0.3 is 0 Å². The van der Waals surface area contributed by atoms with Crippen LogP contribution < -0.4 is 16.4 Å². The summed E-state index contributed by atoms with van der Waals surface area (Å²) in [7, 11) is 0. The van der Waals surface area contributed by atoms with E-state index in [1.165, 1.54) is 12.1 Å². The van der Waals surface area contributed by atoms with Crippen LogP contribution in [0.5, 0.6) is 0 Å². The minimum Gasteiger partial charge on any atom is -0.381 e. The highest BCUT2D eigenvalue weighted by Gasteiger charge is 2.31. The van der Waals surface area contributed by atoms with Crippen LogP contribution in [0.2, 0.25) is 5.02 Å². The van der Waals surface area contributed by atoms with Gasteiger partial charge in [0.05, 0.1) is 6.20 Å². The first-order valence-electron chi connectivity index (χ1n) is 11.9. The molecule has 1 aliphatic carbocycles. The zero-order valence-corrected chi connectivity index (χ0v) is 20.3. The van der Waals surface area contributed by atoms with Crippen molar-refractivity contribution in [2.45, 2.75) is 57.0 Å². The number of carbonyl (C=O) groups is 1. The molecule has 5 rings (SSSR count). The Bertz CT molecular complexity index is 1220. The fourth-order valence-corrected chi connectivity index (χ4v) is 5.20. The van der Waals surface area contributed by atoms with Crippen LogP contribution >= 0.6 is 11.6 Å². The largest absolute Gasteiger partial charge is 0.381 e. The van der Waals surface area contributed by atoms with Crippen molar-refractivity contribution in [3.05, 3.63) is 35.2 Å². The average molecular weight is 502 g/mol. The van der Waals surface area contributed by atoms with Gasteiger partial charge in [0.1, 0.15) is 11.3 Å². The van der Waals surface area contributed by atoms with Crippen molar-refractivity contribution in [1.29, 1.82) is 0 Å². The van der Waals surface area contributed by atoms with Gasteiger partial charge in [0.25, 0.3) is 0 Å². The van der Waals surface area contributed by atoms with Crippen molar-refractivity contribution >= 4 is 46.3 Å². The Hall–Kier alpha value is -2.98. The molecule has 4 N–H and O–H groups in total. The van der Waals surface area contributed by atoms with E-state index in [2.05, 4.69) is 22.5 Å². The molecule has 0 atom stereocenters. The maximum Gasteiger partial charge on any atom is 0.225 e. The molecule has 9 nitrogen and oxygen atoms in total. The Labute approximate surface area is 207 Å². The average Bonchev–Trinajstić information content (AvgIpc) is 3.15. The van der Waals surface area contributed by atoms with Gasteiger partial charge in [-0.2, -0.15) is 4.98 Å². The Morgan fingerprint density at radius 1 is 1.20 bits per heavy atom. The third-order valence-corrected chi connectivity index (χ3v) is 7.24. The number of nitrogens with one attached hydrogen (secondary N) is 2. The van der Waals surface area contributed by atoms with E-state index in [9.17, 15) is 9.18 Å². The topological polar surface area (TPSA) is 120 Å². The molecule has 2 aliphatic rings. The van der Waals surface area contributed by atoms with Crippen molar-refractivity contribution in [3.63, 3.8) is 0 Å². The number of hydrogen-bond acceptors (Lipinski definition) is 7. The second kappa shape index (κ2) is 9.58. The summed E-state index contributed by atoms with van der Waals surface area (Å²) in [5.74, 6) is 0.216. The van der Waals surface area contributed by atoms with E-state index in [1.54, 1.807) is 12.3 Å². The van der Waals surface area contributed by atoms with Crippen LogP contribution in [0.15, 0.2) is 24.4 Å². The predicted molar refractivity (Wildman–Crippen MR) is 132 cm³/mol. The number of anilines is 3. The summed E-state index contributed by atoms with van der Waals surface area (Å²) in [4.78, 5) is 25.8. The molecule has 1 amide bonds. The summed E-state index contributed by atoms with van der Waals surface area (Å²) in [6.07, 6.45) is 6.30. The van der Waals surface area contributed by atoms with Crippen LogP contribution in [-0.4, -0.2) is 44.2 Å². The van der Waals surface area contributed by atoms with Crippen LogP contribution in [0.25, 0.3) is 11.2 Å². The smallest absolute Gasteiger partial charge is 0.225 e. The first kappa shape index (κ1) is 23.7. The number of nitrogens with two attached hydrogens (primary N) is 1. The number of rotatable bonds is 6. The number of ether oxygens (including phenoxy) is 1. The molecule has 35 heavy (non-hydrogen) atoms. The number of imidazole rings is 1. The van der Waals surface area contributed by atoms with Crippen LogP contribution in [0, 0.1) is 11.7 Å². The van der Waals surface area contributed by atoms with Gasteiger partial charge in [0, 0.05) is 41.4 Å². The number of benzene rings is 1. The molecule has 3 aromatic rings. The number of aromatic nitrogens is 4. The standard InChI is InChI=1S/C24H29ClFN7O2/c1-24(6-8-35-9-7-24)32-22-28-13-19-21(31-22)33(18-4-2-14(3-5-18)20(27)34)23(30-19)29-17-11-15(25)10-16(26)12-17/h10-14,18H,2-9H2,1H3,(H2,27,34)(H,29,30)(H,28,31,32). The highest BCUT2D eigenvalue weighted by Crippen LogP contribution is 2.37. The summed E-state index contributed by atoms with van der Waals surface area (Å²) in [6.45, 7) is 3.53. The number of hydrogen-bond donors (Lipinski definition) is 3. The first-order valence-corrected chi connectivity index (χ1v) is 12.3. The van der Waals surface area contributed by atoms with Gasteiger partial charge in [-0.25, -0.2) is 14.4 Å². The Morgan fingerprint density at radius 2 is 1.94 bits per heavy atom. The summed E-state index contributed by atoms with van der Waals surface area (Å²) in [5, 5.41) is 6.98. The fraction of sp³-hybridized carbons (Fsp3) is 0.500. The van der Waals surface area contributed by atoms with Crippen molar-refractivity contribution in [2.75, 3.05) is 23.8 Å². The lowest BCUT2D eigenvalue weighted by Gasteiger charge is -2.34. The molecule has 0 spiro atoms. The maximum atomic E-state index is 14.0. The van der Waals surface area contributed by atoms with E-state index in [-0.39, 0.29) is 28.4 Å². The molecule has 0 unspecified atom stereocenters. The summed E-state index contributed by atoms with van der Waals surface area (Å²) >= 11 is 6.07. The van der Waals surface area contributed by atoms with Gasteiger partial charge in [0.2, 0.25) is 17.8 Å². The van der Waals surface area contributed by atoms with Gasteiger partial charge in [-0.3, -0.25) is 9.36 Å². The third-order valence-electron chi connectivity index (χ3n) is 7.03. The lowest BCUT2D eigenvalue weighted by atomic mass is 9.85. The van der Waals surface area contributed by atoms with E-state index >= 15 is 0 Å². The van der Waals surface area contributed by atoms with Crippen molar-refractivity contribution in [1.82, 2.24) is 19.5 Å². The second-order valence-electron chi connectivity index (χ2n) is 9.70.